The molecule has 0 unspecified atom stereocenters. The van der Waals surface area contributed by atoms with Gasteiger partial charge in [0.25, 0.3) is 0 Å². The lowest BCUT2D eigenvalue weighted by atomic mass is 10.3. The van der Waals surface area contributed by atoms with Crippen molar-refractivity contribution in [2.75, 3.05) is 0 Å². The van der Waals surface area contributed by atoms with Crippen LogP contribution in [0.1, 0.15) is 52.9 Å². The van der Waals surface area contributed by atoms with E-state index in [9.17, 15) is 28.8 Å². The fourth-order valence-corrected chi connectivity index (χ4v) is 2.65. The van der Waals surface area contributed by atoms with Gasteiger partial charge in [0.2, 0.25) is 17.7 Å². The summed E-state index contributed by atoms with van der Waals surface area (Å²) >= 11 is 0. The van der Waals surface area contributed by atoms with E-state index >= 15 is 0 Å². The first-order chi connectivity index (χ1) is 11.4. The Bertz CT molecular complexity index is 799. The molecular formula is C15H15N3O6. The summed E-state index contributed by atoms with van der Waals surface area (Å²) in [6.07, 6.45) is 3.23. The Labute approximate surface area is 134 Å². The van der Waals surface area contributed by atoms with Gasteiger partial charge in [-0.3, -0.25) is 14.4 Å². The molecule has 126 valence electrons. The van der Waals surface area contributed by atoms with E-state index in [1.807, 2.05) is 0 Å². The highest BCUT2D eigenvalue weighted by Crippen LogP contribution is 2.31. The second-order valence-corrected chi connectivity index (χ2v) is 6.69. The Kier molecular flexibility index (Phi) is 3.09. The number of hydrogen-bond acceptors (Lipinski definition) is 6. The predicted molar refractivity (Wildman–Crippen MR) is 79.3 cm³/mol. The molecule has 1 aromatic heterocycles. The van der Waals surface area contributed by atoms with E-state index in [1.165, 1.54) is 0 Å². The molecule has 3 aliphatic carbocycles. The van der Waals surface area contributed by atoms with Crippen LogP contribution in [-0.4, -0.2) is 31.4 Å². The van der Waals surface area contributed by atoms with E-state index in [1.54, 1.807) is 0 Å². The van der Waals surface area contributed by atoms with E-state index in [0.29, 0.717) is 52.2 Å². The fraction of sp³-hybridized carbons (Fsp3) is 0.600. The summed E-state index contributed by atoms with van der Waals surface area (Å²) in [4.78, 5) is 74.3. The van der Waals surface area contributed by atoms with Crippen molar-refractivity contribution in [3.8, 4) is 0 Å². The molecule has 9 heteroatoms. The van der Waals surface area contributed by atoms with Crippen molar-refractivity contribution >= 4 is 17.7 Å². The monoisotopic (exact) mass is 333 g/mol. The quantitative estimate of drug-likeness (QED) is 0.723. The Morgan fingerprint density at radius 3 is 0.917 bits per heavy atom. The lowest BCUT2D eigenvalue weighted by Crippen LogP contribution is -2.60. The van der Waals surface area contributed by atoms with Crippen LogP contribution in [0.25, 0.3) is 0 Å². The van der Waals surface area contributed by atoms with Gasteiger partial charge in [0.15, 0.2) is 0 Å². The summed E-state index contributed by atoms with van der Waals surface area (Å²) < 4.78 is 0.874. The predicted octanol–water partition coefficient (Wildman–Crippen LogP) is -0.678. The smallest absolute Gasteiger partial charge is 0.274 e. The van der Waals surface area contributed by atoms with E-state index < -0.39 is 52.5 Å². The SMILES string of the molecule is O=C(C1CC1)n1c(=O)n(C(=O)C2CC2)c(=O)n(C(=O)C2CC2)c1=O. The first-order valence-corrected chi connectivity index (χ1v) is 8.05. The van der Waals surface area contributed by atoms with E-state index in [0.717, 1.165) is 0 Å². The third-order valence-corrected chi connectivity index (χ3v) is 4.59. The molecule has 3 aliphatic rings. The Hall–Kier alpha value is -2.58. The van der Waals surface area contributed by atoms with Crippen molar-refractivity contribution in [3.63, 3.8) is 0 Å². The number of hydrogen-bond donors (Lipinski definition) is 0. The summed E-state index contributed by atoms with van der Waals surface area (Å²) in [5.74, 6) is -3.66. The van der Waals surface area contributed by atoms with E-state index in [-0.39, 0.29) is 0 Å². The maximum atomic E-state index is 12.5. The normalized spacial score (nSPS) is 20.0. The third-order valence-electron chi connectivity index (χ3n) is 4.59. The molecule has 0 atom stereocenters. The number of aromatic nitrogens is 3. The van der Waals surface area contributed by atoms with Crippen LogP contribution in [0, 0.1) is 17.8 Å². The van der Waals surface area contributed by atoms with Gasteiger partial charge in [-0.05, 0) is 38.5 Å². The molecule has 0 aromatic carbocycles. The van der Waals surface area contributed by atoms with Crippen LogP contribution in [0.4, 0.5) is 0 Å². The summed E-state index contributed by atoms with van der Waals surface area (Å²) in [6, 6.07) is 0. The third kappa shape index (κ3) is 2.22. The molecule has 0 spiro atoms. The van der Waals surface area contributed by atoms with Gasteiger partial charge in [-0.1, -0.05) is 0 Å². The summed E-state index contributed by atoms with van der Waals surface area (Å²) in [6.45, 7) is 0. The molecule has 9 nitrogen and oxygen atoms in total. The van der Waals surface area contributed by atoms with Crippen LogP contribution >= 0.6 is 0 Å². The topological polar surface area (TPSA) is 117 Å². The minimum absolute atomic E-state index is 0.291. The van der Waals surface area contributed by atoms with Crippen LogP contribution in [0.2, 0.25) is 0 Å². The Morgan fingerprint density at radius 1 is 0.542 bits per heavy atom. The van der Waals surface area contributed by atoms with Gasteiger partial charge in [-0.2, -0.15) is 13.7 Å². The molecule has 4 rings (SSSR count). The van der Waals surface area contributed by atoms with Gasteiger partial charge in [-0.15, -0.1) is 0 Å². The number of carbonyl (C=O) groups is 3. The molecule has 0 amide bonds. The minimum Gasteiger partial charge on any atom is -0.274 e. The van der Waals surface area contributed by atoms with Gasteiger partial charge in [0.1, 0.15) is 0 Å². The lowest BCUT2D eigenvalue weighted by molar-refractivity contribution is 0.0818. The maximum Gasteiger partial charge on any atom is 0.350 e. The van der Waals surface area contributed by atoms with Gasteiger partial charge >= 0.3 is 17.1 Å². The Balaban J connectivity index is 1.99. The molecule has 0 saturated heterocycles. The van der Waals surface area contributed by atoms with Crippen LogP contribution in [0.15, 0.2) is 14.4 Å². The second kappa shape index (κ2) is 4.96. The molecule has 3 saturated carbocycles. The molecule has 0 N–H and O–H groups in total. The highest BCUT2D eigenvalue weighted by Gasteiger charge is 2.40. The zero-order chi connectivity index (χ0) is 17.2. The minimum atomic E-state index is -1.25. The number of nitrogens with zero attached hydrogens (tertiary/aromatic N) is 3. The van der Waals surface area contributed by atoms with Crippen molar-refractivity contribution < 1.29 is 14.4 Å². The number of rotatable bonds is 3. The van der Waals surface area contributed by atoms with Crippen LogP contribution in [0.3, 0.4) is 0 Å². The zero-order valence-corrected chi connectivity index (χ0v) is 12.8. The van der Waals surface area contributed by atoms with Crippen LogP contribution in [-0.2, 0) is 0 Å². The fourth-order valence-electron chi connectivity index (χ4n) is 2.65. The van der Waals surface area contributed by atoms with E-state index in [2.05, 4.69) is 0 Å². The average Bonchev–Trinajstić information content (AvgIpc) is 3.43. The van der Waals surface area contributed by atoms with Gasteiger partial charge in [-0.25, -0.2) is 14.4 Å². The molecule has 3 fully saturated rings. The molecule has 1 aromatic rings. The van der Waals surface area contributed by atoms with Crippen LogP contribution < -0.4 is 17.1 Å². The molecule has 0 radical (unpaired) electrons. The molecule has 0 bridgehead atoms. The van der Waals surface area contributed by atoms with Crippen LogP contribution in [0.5, 0.6) is 0 Å². The molecule has 24 heavy (non-hydrogen) atoms. The Morgan fingerprint density at radius 2 is 0.750 bits per heavy atom. The molecule has 1 heterocycles. The van der Waals surface area contributed by atoms with Crippen molar-refractivity contribution in [2.24, 2.45) is 17.8 Å². The number of carbonyl (C=O) groups excluding carboxylic acids is 3. The van der Waals surface area contributed by atoms with Gasteiger partial charge < -0.3 is 0 Å². The molecular weight excluding hydrogens is 318 g/mol. The summed E-state index contributed by atoms with van der Waals surface area (Å²) in [5, 5.41) is 0. The highest BCUT2D eigenvalue weighted by atomic mass is 16.2. The second-order valence-electron chi connectivity index (χ2n) is 6.69. The van der Waals surface area contributed by atoms with Crippen molar-refractivity contribution in [1.82, 2.24) is 13.7 Å². The van der Waals surface area contributed by atoms with Crippen molar-refractivity contribution in [3.05, 3.63) is 31.5 Å². The molecule has 0 aliphatic heterocycles. The zero-order valence-electron chi connectivity index (χ0n) is 12.8. The van der Waals surface area contributed by atoms with Gasteiger partial charge in [0.05, 0.1) is 0 Å². The largest absolute Gasteiger partial charge is 0.350 e. The highest BCUT2D eigenvalue weighted by molar-refractivity contribution is 5.88. The summed E-state index contributed by atoms with van der Waals surface area (Å²) in [5.41, 5.74) is -3.75. The van der Waals surface area contributed by atoms with Crippen molar-refractivity contribution in [2.45, 2.75) is 38.5 Å². The maximum absolute atomic E-state index is 12.5. The van der Waals surface area contributed by atoms with Crippen molar-refractivity contribution in [1.29, 1.82) is 0 Å². The summed E-state index contributed by atoms with van der Waals surface area (Å²) in [7, 11) is 0. The lowest BCUT2D eigenvalue weighted by Gasteiger charge is -2.11. The van der Waals surface area contributed by atoms with E-state index in [4.69, 9.17) is 0 Å². The standard InChI is InChI=1S/C15H15N3O6/c19-10(7-1-2-7)16-13(22)17(11(20)8-3-4-8)15(24)18(14(16)23)12(21)9-5-6-9/h7-9H,1-6H2. The van der Waals surface area contributed by atoms with Gasteiger partial charge in [0, 0.05) is 17.8 Å². The first-order valence-electron chi connectivity index (χ1n) is 8.05. The first kappa shape index (κ1) is 15.0. The average molecular weight is 333 g/mol.